The molecule has 0 unspecified atom stereocenters. The molecule has 134 valence electrons. The fourth-order valence-corrected chi connectivity index (χ4v) is 2.93. The van der Waals surface area contributed by atoms with Crippen molar-refractivity contribution in [3.63, 3.8) is 0 Å². The molecule has 0 radical (unpaired) electrons. The molecule has 0 aliphatic rings. The van der Waals surface area contributed by atoms with Gasteiger partial charge in [-0.2, -0.15) is 9.61 Å². The number of hydrogen-bond acceptors (Lipinski definition) is 6. The fourth-order valence-electron chi connectivity index (χ4n) is 2.28. The number of nitrogens with two attached hydrogens (primary N) is 1. The van der Waals surface area contributed by atoms with Gasteiger partial charge in [0.15, 0.2) is 11.5 Å². The first-order chi connectivity index (χ1) is 12.4. The van der Waals surface area contributed by atoms with E-state index >= 15 is 0 Å². The zero-order valence-electron chi connectivity index (χ0n) is 14.3. The van der Waals surface area contributed by atoms with Crippen LogP contribution in [0.5, 0.6) is 0 Å². The maximum absolute atomic E-state index is 12.1. The number of amides is 2. The molecule has 0 saturated heterocycles. The zero-order valence-corrected chi connectivity index (χ0v) is 15.2. The molecule has 0 spiro atoms. The number of nitrogens with one attached hydrogen (secondary N) is 1. The highest BCUT2D eigenvalue weighted by Crippen LogP contribution is 2.19. The Morgan fingerprint density at radius 1 is 1.15 bits per heavy atom. The molecule has 0 aliphatic heterocycles. The lowest BCUT2D eigenvalue weighted by molar-refractivity contribution is -0.113. The van der Waals surface area contributed by atoms with E-state index in [1.54, 1.807) is 28.8 Å². The van der Waals surface area contributed by atoms with E-state index in [9.17, 15) is 9.59 Å². The lowest BCUT2D eigenvalue weighted by atomic mass is 10.2. The van der Waals surface area contributed by atoms with Gasteiger partial charge in [0, 0.05) is 17.2 Å². The van der Waals surface area contributed by atoms with Gasteiger partial charge in [-0.05, 0) is 36.4 Å². The van der Waals surface area contributed by atoms with Gasteiger partial charge in [-0.25, -0.2) is 0 Å². The van der Waals surface area contributed by atoms with E-state index in [4.69, 9.17) is 5.73 Å². The van der Waals surface area contributed by atoms with E-state index < -0.39 is 5.91 Å². The third-order valence-corrected chi connectivity index (χ3v) is 4.50. The highest BCUT2D eigenvalue weighted by Gasteiger charge is 2.12. The van der Waals surface area contributed by atoms with Crippen LogP contribution in [0.4, 0.5) is 5.69 Å². The number of fused-ring (bicyclic) bond motifs is 1. The largest absolute Gasteiger partial charge is 0.366 e. The Hall–Kier alpha value is -2.94. The van der Waals surface area contributed by atoms with Crippen LogP contribution in [-0.2, 0) is 4.79 Å². The van der Waals surface area contributed by atoms with Crippen LogP contribution in [0.1, 0.15) is 35.9 Å². The number of primary amides is 1. The van der Waals surface area contributed by atoms with Crippen molar-refractivity contribution in [3.8, 4) is 0 Å². The summed E-state index contributed by atoms with van der Waals surface area (Å²) in [4.78, 5) is 23.2. The SMILES string of the molecule is CC(C)c1nnc2ccc(SCC(=O)Nc3ccc(C(N)=O)cc3)nn12. The van der Waals surface area contributed by atoms with Crippen molar-refractivity contribution in [1.29, 1.82) is 0 Å². The first kappa shape index (κ1) is 17.9. The Morgan fingerprint density at radius 2 is 1.88 bits per heavy atom. The molecule has 0 aliphatic carbocycles. The van der Waals surface area contributed by atoms with Crippen LogP contribution < -0.4 is 11.1 Å². The number of rotatable bonds is 6. The summed E-state index contributed by atoms with van der Waals surface area (Å²) in [7, 11) is 0. The van der Waals surface area contributed by atoms with E-state index in [0.717, 1.165) is 5.82 Å². The van der Waals surface area contributed by atoms with Gasteiger partial charge < -0.3 is 11.1 Å². The lowest BCUT2D eigenvalue weighted by Crippen LogP contribution is -2.15. The average molecular weight is 370 g/mol. The number of carbonyl (C=O) groups is 2. The van der Waals surface area contributed by atoms with Crippen LogP contribution in [0.3, 0.4) is 0 Å². The Labute approximate surface area is 154 Å². The Morgan fingerprint density at radius 3 is 2.54 bits per heavy atom. The van der Waals surface area contributed by atoms with Gasteiger partial charge >= 0.3 is 0 Å². The van der Waals surface area contributed by atoms with Crippen molar-refractivity contribution >= 4 is 34.9 Å². The number of aromatic nitrogens is 4. The summed E-state index contributed by atoms with van der Waals surface area (Å²) in [6.45, 7) is 4.05. The molecule has 0 atom stereocenters. The van der Waals surface area contributed by atoms with Crippen molar-refractivity contribution in [2.45, 2.75) is 24.8 Å². The first-order valence-electron chi connectivity index (χ1n) is 7.99. The Balaban J connectivity index is 1.63. The maximum Gasteiger partial charge on any atom is 0.248 e. The highest BCUT2D eigenvalue weighted by molar-refractivity contribution is 7.99. The first-order valence-corrected chi connectivity index (χ1v) is 8.97. The topological polar surface area (TPSA) is 115 Å². The summed E-state index contributed by atoms with van der Waals surface area (Å²) < 4.78 is 1.70. The van der Waals surface area contributed by atoms with Gasteiger partial charge in [-0.3, -0.25) is 9.59 Å². The maximum atomic E-state index is 12.1. The number of thioether (sulfide) groups is 1. The van der Waals surface area contributed by atoms with Gasteiger partial charge in [-0.15, -0.1) is 10.2 Å². The van der Waals surface area contributed by atoms with Gasteiger partial charge in [0.1, 0.15) is 5.03 Å². The van der Waals surface area contributed by atoms with Crippen LogP contribution in [0.25, 0.3) is 5.65 Å². The second-order valence-corrected chi connectivity index (χ2v) is 6.93. The van der Waals surface area contributed by atoms with E-state index in [1.165, 1.54) is 11.8 Å². The second kappa shape index (κ2) is 7.52. The van der Waals surface area contributed by atoms with Crippen LogP contribution >= 0.6 is 11.8 Å². The number of nitrogens with zero attached hydrogens (tertiary/aromatic N) is 4. The minimum Gasteiger partial charge on any atom is -0.366 e. The molecule has 2 amide bonds. The average Bonchev–Trinajstić information content (AvgIpc) is 3.04. The second-order valence-electron chi connectivity index (χ2n) is 5.93. The van der Waals surface area contributed by atoms with Crippen molar-refractivity contribution in [1.82, 2.24) is 19.8 Å². The number of carbonyl (C=O) groups excluding carboxylic acids is 2. The van der Waals surface area contributed by atoms with E-state index in [2.05, 4.69) is 20.6 Å². The summed E-state index contributed by atoms with van der Waals surface area (Å²) in [5.41, 5.74) is 6.86. The summed E-state index contributed by atoms with van der Waals surface area (Å²) in [6, 6.07) is 10.1. The van der Waals surface area contributed by atoms with Crippen LogP contribution in [0, 0.1) is 0 Å². The molecule has 26 heavy (non-hydrogen) atoms. The molecule has 0 saturated carbocycles. The lowest BCUT2D eigenvalue weighted by Gasteiger charge is -2.06. The van der Waals surface area contributed by atoms with Crippen LogP contribution in [-0.4, -0.2) is 37.4 Å². The molecule has 0 fully saturated rings. The molecule has 3 aromatic rings. The molecule has 2 aromatic heterocycles. The van der Waals surface area contributed by atoms with E-state index in [0.29, 0.717) is 21.9 Å². The summed E-state index contributed by atoms with van der Waals surface area (Å²) in [5, 5.41) is 16.2. The predicted octanol–water partition coefficient (Wildman–Crippen LogP) is 2.08. The molecule has 2 heterocycles. The van der Waals surface area contributed by atoms with Crippen LogP contribution in [0.2, 0.25) is 0 Å². The molecule has 8 nitrogen and oxygen atoms in total. The van der Waals surface area contributed by atoms with Gasteiger partial charge in [0.05, 0.1) is 5.75 Å². The molecule has 3 rings (SSSR count). The summed E-state index contributed by atoms with van der Waals surface area (Å²) >= 11 is 1.32. The van der Waals surface area contributed by atoms with Crippen molar-refractivity contribution in [2.24, 2.45) is 5.73 Å². The third kappa shape index (κ3) is 3.99. The zero-order chi connectivity index (χ0) is 18.7. The van der Waals surface area contributed by atoms with E-state index in [-0.39, 0.29) is 17.6 Å². The van der Waals surface area contributed by atoms with Gasteiger partial charge in [0.25, 0.3) is 0 Å². The van der Waals surface area contributed by atoms with Crippen molar-refractivity contribution < 1.29 is 9.59 Å². The van der Waals surface area contributed by atoms with Gasteiger partial charge in [-0.1, -0.05) is 25.6 Å². The molecular weight excluding hydrogens is 352 g/mol. The van der Waals surface area contributed by atoms with Crippen molar-refractivity contribution in [3.05, 3.63) is 47.8 Å². The number of benzene rings is 1. The quantitative estimate of drug-likeness (QED) is 0.642. The standard InChI is InChI=1S/C17H18N6O2S/c1-10(2)17-21-20-13-7-8-15(22-23(13)17)26-9-14(24)19-12-5-3-11(4-6-12)16(18)25/h3-8,10H,9H2,1-2H3,(H2,18,25)(H,19,24). The summed E-state index contributed by atoms with van der Waals surface area (Å²) in [6.07, 6.45) is 0. The van der Waals surface area contributed by atoms with Gasteiger partial charge in [0.2, 0.25) is 11.8 Å². The molecule has 3 N–H and O–H groups in total. The normalized spacial score (nSPS) is 11.0. The Kier molecular flexibility index (Phi) is 5.17. The predicted molar refractivity (Wildman–Crippen MR) is 99.2 cm³/mol. The molecule has 9 heteroatoms. The van der Waals surface area contributed by atoms with E-state index in [1.807, 2.05) is 26.0 Å². The number of anilines is 1. The molecular formula is C17H18N6O2S. The highest BCUT2D eigenvalue weighted by atomic mass is 32.2. The monoisotopic (exact) mass is 370 g/mol. The smallest absolute Gasteiger partial charge is 0.248 e. The minimum absolute atomic E-state index is 0.170. The minimum atomic E-state index is -0.505. The fraction of sp³-hybridized carbons (Fsp3) is 0.235. The van der Waals surface area contributed by atoms with Crippen molar-refractivity contribution in [2.75, 3.05) is 11.1 Å². The Bertz CT molecular complexity index is 952. The summed E-state index contributed by atoms with van der Waals surface area (Å²) in [5.74, 6) is 0.506. The third-order valence-electron chi connectivity index (χ3n) is 3.58. The number of hydrogen-bond donors (Lipinski definition) is 2. The van der Waals surface area contributed by atoms with Crippen LogP contribution in [0.15, 0.2) is 41.4 Å². The molecule has 0 bridgehead atoms. The molecule has 1 aromatic carbocycles.